The highest BCUT2D eigenvalue weighted by Crippen LogP contribution is 2.14. The van der Waals surface area contributed by atoms with E-state index in [1.54, 1.807) is 10.8 Å². The van der Waals surface area contributed by atoms with E-state index in [2.05, 4.69) is 22.9 Å². The van der Waals surface area contributed by atoms with Gasteiger partial charge in [0.2, 0.25) is 0 Å². The Morgan fingerprint density at radius 3 is 2.72 bits per heavy atom. The van der Waals surface area contributed by atoms with Crippen molar-refractivity contribution in [1.29, 1.82) is 0 Å². The minimum atomic E-state index is -0.661. The Kier molecular flexibility index (Phi) is 5.81. The zero-order chi connectivity index (χ0) is 13.7. The van der Waals surface area contributed by atoms with Crippen LogP contribution in [0.25, 0.3) is 0 Å². The van der Waals surface area contributed by atoms with Crippen LogP contribution in [-0.2, 0) is 6.54 Å². The van der Waals surface area contributed by atoms with Gasteiger partial charge in [-0.25, -0.2) is 0 Å². The molecular formula is C11H14BrClN2O3. The number of nitro groups is 1. The number of pyridine rings is 1. The molecule has 1 heterocycles. The van der Waals surface area contributed by atoms with Crippen LogP contribution < -0.4 is 5.43 Å². The third-order valence-corrected chi connectivity index (χ3v) is 3.48. The molecule has 1 unspecified atom stereocenters. The van der Waals surface area contributed by atoms with E-state index in [1.807, 2.05) is 0 Å². The molecule has 1 rings (SSSR count). The summed E-state index contributed by atoms with van der Waals surface area (Å²) in [6.45, 7) is 2.70. The molecule has 5 nitrogen and oxygen atoms in total. The molecule has 0 fully saturated rings. The van der Waals surface area contributed by atoms with Crippen molar-refractivity contribution < 1.29 is 4.92 Å². The van der Waals surface area contributed by atoms with E-state index in [0.29, 0.717) is 18.3 Å². The summed E-state index contributed by atoms with van der Waals surface area (Å²) < 4.78 is 1.87. The van der Waals surface area contributed by atoms with Crippen molar-refractivity contribution in [1.82, 2.24) is 4.57 Å². The number of hydrogen-bond acceptors (Lipinski definition) is 3. The van der Waals surface area contributed by atoms with Crippen molar-refractivity contribution in [2.24, 2.45) is 5.92 Å². The summed E-state index contributed by atoms with van der Waals surface area (Å²) in [6.07, 6.45) is 4.62. The number of rotatable bonds is 6. The van der Waals surface area contributed by atoms with Crippen molar-refractivity contribution in [3.63, 3.8) is 0 Å². The molecule has 1 aromatic heterocycles. The number of aryl methyl sites for hydroxylation is 1. The van der Waals surface area contributed by atoms with E-state index < -0.39 is 16.0 Å². The van der Waals surface area contributed by atoms with E-state index in [9.17, 15) is 14.9 Å². The van der Waals surface area contributed by atoms with Crippen molar-refractivity contribution >= 4 is 33.2 Å². The van der Waals surface area contributed by atoms with Crippen molar-refractivity contribution in [2.75, 3.05) is 5.88 Å². The van der Waals surface area contributed by atoms with Crippen molar-refractivity contribution in [3.05, 3.63) is 37.2 Å². The summed E-state index contributed by atoms with van der Waals surface area (Å²) >= 11 is 8.69. The smallest absolute Gasteiger partial charge is 0.333 e. The largest absolute Gasteiger partial charge is 0.347 e. The Morgan fingerprint density at radius 1 is 1.50 bits per heavy atom. The van der Waals surface area contributed by atoms with Gasteiger partial charge in [-0.15, -0.1) is 11.6 Å². The molecule has 0 N–H and O–H groups in total. The summed E-state index contributed by atoms with van der Waals surface area (Å²) in [5.74, 6) is 1.05. The van der Waals surface area contributed by atoms with Crippen LogP contribution in [-0.4, -0.2) is 15.4 Å². The number of halogens is 2. The summed E-state index contributed by atoms with van der Waals surface area (Å²) in [7, 11) is 0. The highest BCUT2D eigenvalue weighted by molar-refractivity contribution is 9.10. The fraction of sp³-hybridized carbons (Fsp3) is 0.545. The maximum atomic E-state index is 11.5. The van der Waals surface area contributed by atoms with Crippen LogP contribution in [0, 0.1) is 16.0 Å². The maximum absolute atomic E-state index is 11.5. The van der Waals surface area contributed by atoms with Gasteiger partial charge in [0.1, 0.15) is 0 Å². The van der Waals surface area contributed by atoms with Crippen molar-refractivity contribution in [3.8, 4) is 0 Å². The highest BCUT2D eigenvalue weighted by atomic mass is 79.9. The first-order chi connectivity index (χ1) is 8.45. The first kappa shape index (κ1) is 15.2. The van der Waals surface area contributed by atoms with Crippen LogP contribution in [0.3, 0.4) is 0 Å². The summed E-state index contributed by atoms with van der Waals surface area (Å²) in [4.78, 5) is 21.5. The number of hydrogen-bond donors (Lipinski definition) is 0. The molecule has 0 aromatic carbocycles. The molecule has 0 aliphatic heterocycles. The van der Waals surface area contributed by atoms with Gasteiger partial charge in [-0.2, -0.15) is 0 Å². The Hall–Kier alpha value is -0.880. The lowest BCUT2D eigenvalue weighted by Gasteiger charge is -2.11. The minimum absolute atomic E-state index is 0.210. The van der Waals surface area contributed by atoms with Crippen molar-refractivity contribution in [2.45, 2.75) is 26.3 Å². The normalized spacial score (nSPS) is 12.4. The molecular weight excluding hydrogens is 323 g/mol. The van der Waals surface area contributed by atoms with Gasteiger partial charge < -0.3 is 4.57 Å². The summed E-state index contributed by atoms with van der Waals surface area (Å²) in [6, 6.07) is 0. The molecule has 0 aliphatic rings. The van der Waals surface area contributed by atoms with Gasteiger partial charge >= 0.3 is 5.69 Å². The van der Waals surface area contributed by atoms with Gasteiger partial charge in [0.05, 0.1) is 15.6 Å². The third-order valence-electron chi connectivity index (χ3n) is 2.70. The molecule has 1 atom stereocenters. The molecule has 0 saturated carbocycles. The van der Waals surface area contributed by atoms with Crippen LogP contribution in [0.15, 0.2) is 21.7 Å². The van der Waals surface area contributed by atoms with E-state index in [-0.39, 0.29) is 4.47 Å². The predicted octanol–water partition coefficient (Wildman–Crippen LogP) is 3.17. The molecule has 18 heavy (non-hydrogen) atoms. The number of nitrogens with zero attached hydrogens (tertiary/aromatic N) is 2. The van der Waals surface area contributed by atoms with Gasteiger partial charge in [-0.3, -0.25) is 14.9 Å². The van der Waals surface area contributed by atoms with E-state index in [1.165, 1.54) is 6.20 Å². The molecule has 0 spiro atoms. The first-order valence-electron chi connectivity index (χ1n) is 5.55. The molecule has 0 amide bonds. The highest BCUT2D eigenvalue weighted by Gasteiger charge is 2.15. The topological polar surface area (TPSA) is 65.1 Å². The second-order valence-electron chi connectivity index (χ2n) is 4.19. The second-order valence-corrected chi connectivity index (χ2v) is 5.42. The molecule has 0 bridgehead atoms. The standard InChI is InChI=1S/C11H14BrClN2O3/c1-8(2-4-13)3-5-14-6-9(12)11(16)10(7-14)15(17)18/h6-8H,2-5H2,1H3. The Labute approximate surface area is 118 Å². The van der Waals surface area contributed by atoms with Gasteiger partial charge in [0.25, 0.3) is 5.43 Å². The number of alkyl halides is 1. The second kappa shape index (κ2) is 6.89. The van der Waals surface area contributed by atoms with E-state index in [0.717, 1.165) is 12.8 Å². The maximum Gasteiger partial charge on any atom is 0.333 e. The van der Waals surface area contributed by atoms with Crippen LogP contribution >= 0.6 is 27.5 Å². The monoisotopic (exact) mass is 336 g/mol. The molecule has 7 heteroatoms. The Balaban J connectivity index is 2.85. The SMILES string of the molecule is CC(CCCl)CCn1cc(Br)c(=O)c([N+](=O)[O-])c1. The lowest BCUT2D eigenvalue weighted by Crippen LogP contribution is -2.14. The molecule has 100 valence electrons. The fourth-order valence-electron chi connectivity index (χ4n) is 1.54. The Bertz CT molecular complexity index is 490. The third kappa shape index (κ3) is 4.10. The van der Waals surface area contributed by atoms with Crippen LogP contribution in [0.2, 0.25) is 0 Å². The molecule has 0 saturated heterocycles. The quantitative estimate of drug-likeness (QED) is 0.455. The van der Waals surface area contributed by atoms with Crippen LogP contribution in [0.1, 0.15) is 19.8 Å². The van der Waals surface area contributed by atoms with Crippen LogP contribution in [0.4, 0.5) is 5.69 Å². The zero-order valence-corrected chi connectivity index (χ0v) is 12.3. The number of aromatic nitrogens is 1. The lowest BCUT2D eigenvalue weighted by molar-refractivity contribution is -0.386. The molecule has 0 radical (unpaired) electrons. The van der Waals surface area contributed by atoms with Gasteiger partial charge in [0.15, 0.2) is 0 Å². The first-order valence-corrected chi connectivity index (χ1v) is 6.88. The average molecular weight is 338 g/mol. The van der Waals surface area contributed by atoms with E-state index in [4.69, 9.17) is 11.6 Å². The Morgan fingerprint density at radius 2 is 2.17 bits per heavy atom. The fourth-order valence-corrected chi connectivity index (χ4v) is 2.38. The minimum Gasteiger partial charge on any atom is -0.347 e. The predicted molar refractivity (Wildman–Crippen MR) is 74.2 cm³/mol. The summed E-state index contributed by atoms with van der Waals surface area (Å²) in [5.41, 5.74) is -1.00. The molecule has 0 aliphatic carbocycles. The van der Waals surface area contributed by atoms with Gasteiger partial charge in [-0.05, 0) is 34.7 Å². The van der Waals surface area contributed by atoms with E-state index >= 15 is 0 Å². The van der Waals surface area contributed by atoms with Crippen LogP contribution in [0.5, 0.6) is 0 Å². The molecule has 1 aromatic rings. The zero-order valence-electron chi connectivity index (χ0n) is 9.94. The van der Waals surface area contributed by atoms with Gasteiger partial charge in [-0.1, -0.05) is 6.92 Å². The lowest BCUT2D eigenvalue weighted by atomic mass is 10.1. The average Bonchev–Trinajstić information content (AvgIpc) is 2.30. The van der Waals surface area contributed by atoms with Gasteiger partial charge in [0, 0.05) is 18.6 Å². The summed E-state index contributed by atoms with van der Waals surface area (Å²) in [5, 5.41) is 10.7.